The molecule has 0 saturated heterocycles. The Morgan fingerprint density at radius 3 is 2.29 bits per heavy atom. The van der Waals surface area contributed by atoms with E-state index in [0.29, 0.717) is 12.2 Å². The van der Waals surface area contributed by atoms with Crippen LogP contribution in [0.1, 0.15) is 74.2 Å². The molecule has 0 saturated carbocycles. The summed E-state index contributed by atoms with van der Waals surface area (Å²) >= 11 is 3.40. The van der Waals surface area contributed by atoms with Gasteiger partial charge in [0.15, 0.2) is 0 Å². The third-order valence-electron chi connectivity index (χ3n) is 3.64. The first-order valence-corrected chi connectivity index (χ1v) is 8.87. The van der Waals surface area contributed by atoms with Crippen molar-refractivity contribution in [3.63, 3.8) is 0 Å². The number of carbonyl (C=O) groups excluding carboxylic acids is 1. The van der Waals surface area contributed by atoms with E-state index in [2.05, 4.69) is 22.9 Å². The number of unbranched alkanes of at least 4 members (excludes halogenated alkanes) is 7. The number of hydrogen-bond acceptors (Lipinski definition) is 2. The molecule has 0 radical (unpaired) electrons. The zero-order chi connectivity index (χ0) is 15.5. The summed E-state index contributed by atoms with van der Waals surface area (Å²) in [6.45, 7) is 4.70. The molecule has 0 fully saturated rings. The smallest absolute Gasteiger partial charge is 0.338 e. The van der Waals surface area contributed by atoms with Crippen LogP contribution in [0.15, 0.2) is 22.7 Å². The molecule has 0 aromatic heterocycles. The first-order valence-electron chi connectivity index (χ1n) is 8.08. The van der Waals surface area contributed by atoms with Gasteiger partial charge in [-0.15, -0.1) is 0 Å². The van der Waals surface area contributed by atoms with Crippen LogP contribution in [0.5, 0.6) is 0 Å². The molecule has 0 N–H and O–H groups in total. The zero-order valence-corrected chi connectivity index (χ0v) is 14.9. The van der Waals surface area contributed by atoms with E-state index in [9.17, 15) is 4.79 Å². The fraction of sp³-hybridized carbons (Fsp3) is 0.611. The Hall–Kier alpha value is -0.830. The monoisotopic (exact) mass is 354 g/mol. The van der Waals surface area contributed by atoms with Crippen molar-refractivity contribution in [2.45, 2.75) is 65.2 Å². The Morgan fingerprint density at radius 2 is 1.67 bits per heavy atom. The summed E-state index contributed by atoms with van der Waals surface area (Å²) in [7, 11) is 0. The predicted octanol–water partition coefficient (Wildman–Crippen LogP) is 6.06. The van der Waals surface area contributed by atoms with Crippen LogP contribution in [-0.2, 0) is 4.74 Å². The van der Waals surface area contributed by atoms with Gasteiger partial charge in [0.05, 0.1) is 12.2 Å². The van der Waals surface area contributed by atoms with E-state index in [4.69, 9.17) is 4.74 Å². The molecule has 0 unspecified atom stereocenters. The Labute approximate surface area is 137 Å². The van der Waals surface area contributed by atoms with E-state index in [0.717, 1.165) is 22.9 Å². The molecule has 1 aromatic rings. The van der Waals surface area contributed by atoms with Crippen molar-refractivity contribution in [2.24, 2.45) is 0 Å². The Balaban J connectivity index is 2.11. The molecular weight excluding hydrogens is 328 g/mol. The number of rotatable bonds is 10. The highest BCUT2D eigenvalue weighted by atomic mass is 79.9. The summed E-state index contributed by atoms with van der Waals surface area (Å²) in [5.41, 5.74) is 1.61. The number of carbonyl (C=O) groups is 1. The second kappa shape index (κ2) is 10.8. The molecule has 1 aromatic carbocycles. The number of hydrogen-bond donors (Lipinski definition) is 0. The lowest BCUT2D eigenvalue weighted by atomic mass is 10.1. The Bertz CT molecular complexity index is 429. The Morgan fingerprint density at radius 1 is 1.05 bits per heavy atom. The molecule has 3 heteroatoms. The van der Waals surface area contributed by atoms with Crippen LogP contribution in [0.25, 0.3) is 0 Å². The SMILES string of the molecule is CCCCCCCCCCOC(=O)c1ccc(Br)cc1C. The molecule has 0 aliphatic rings. The predicted molar refractivity (Wildman–Crippen MR) is 91.8 cm³/mol. The maximum atomic E-state index is 11.9. The van der Waals surface area contributed by atoms with Crippen LogP contribution in [0.4, 0.5) is 0 Å². The van der Waals surface area contributed by atoms with E-state index < -0.39 is 0 Å². The minimum absolute atomic E-state index is 0.206. The fourth-order valence-electron chi connectivity index (χ4n) is 2.33. The highest BCUT2D eigenvalue weighted by Crippen LogP contribution is 2.17. The molecule has 0 bridgehead atoms. The molecule has 0 aliphatic heterocycles. The lowest BCUT2D eigenvalue weighted by Gasteiger charge is -2.07. The van der Waals surface area contributed by atoms with Gasteiger partial charge in [0.1, 0.15) is 0 Å². The van der Waals surface area contributed by atoms with Crippen LogP contribution < -0.4 is 0 Å². The topological polar surface area (TPSA) is 26.3 Å². The van der Waals surface area contributed by atoms with E-state index in [1.165, 1.54) is 38.5 Å². The second-order valence-electron chi connectivity index (χ2n) is 5.57. The second-order valence-corrected chi connectivity index (χ2v) is 6.49. The largest absolute Gasteiger partial charge is 0.462 e. The highest BCUT2D eigenvalue weighted by Gasteiger charge is 2.10. The first-order chi connectivity index (χ1) is 10.1. The minimum Gasteiger partial charge on any atom is -0.462 e. The third kappa shape index (κ3) is 7.66. The van der Waals surface area contributed by atoms with Gasteiger partial charge in [-0.3, -0.25) is 0 Å². The van der Waals surface area contributed by atoms with Crippen LogP contribution in [0.2, 0.25) is 0 Å². The molecule has 0 spiro atoms. The van der Waals surface area contributed by atoms with Crippen molar-refractivity contribution < 1.29 is 9.53 Å². The summed E-state index contributed by atoms with van der Waals surface area (Å²) < 4.78 is 6.33. The number of halogens is 1. The van der Waals surface area contributed by atoms with Gasteiger partial charge in [0.2, 0.25) is 0 Å². The molecule has 1 rings (SSSR count). The third-order valence-corrected chi connectivity index (χ3v) is 4.13. The molecule has 118 valence electrons. The van der Waals surface area contributed by atoms with Crippen molar-refractivity contribution in [1.82, 2.24) is 0 Å². The van der Waals surface area contributed by atoms with Gasteiger partial charge in [-0.1, -0.05) is 67.8 Å². The molecule has 0 heterocycles. The summed E-state index contributed by atoms with van der Waals surface area (Å²) in [6, 6.07) is 5.63. The van der Waals surface area contributed by atoms with Crippen LogP contribution in [0, 0.1) is 6.92 Å². The van der Waals surface area contributed by atoms with Crippen molar-refractivity contribution in [1.29, 1.82) is 0 Å². The molecule has 0 atom stereocenters. The Kier molecular flexibility index (Phi) is 9.40. The van der Waals surface area contributed by atoms with E-state index in [-0.39, 0.29) is 5.97 Å². The number of aryl methyl sites for hydroxylation is 1. The van der Waals surface area contributed by atoms with Crippen LogP contribution >= 0.6 is 15.9 Å². The summed E-state index contributed by atoms with van der Waals surface area (Å²) in [4.78, 5) is 11.9. The molecule has 2 nitrogen and oxygen atoms in total. The molecule has 0 amide bonds. The van der Waals surface area contributed by atoms with E-state index in [1.807, 2.05) is 25.1 Å². The molecular formula is C18H27BrO2. The number of benzene rings is 1. The summed E-state index contributed by atoms with van der Waals surface area (Å²) in [5, 5.41) is 0. The van der Waals surface area contributed by atoms with E-state index in [1.54, 1.807) is 0 Å². The van der Waals surface area contributed by atoms with Gasteiger partial charge in [-0.2, -0.15) is 0 Å². The van der Waals surface area contributed by atoms with Gasteiger partial charge < -0.3 is 4.74 Å². The van der Waals surface area contributed by atoms with Crippen molar-refractivity contribution in [3.8, 4) is 0 Å². The zero-order valence-electron chi connectivity index (χ0n) is 13.3. The quantitative estimate of drug-likeness (QED) is 0.377. The van der Waals surface area contributed by atoms with Crippen LogP contribution in [-0.4, -0.2) is 12.6 Å². The van der Waals surface area contributed by atoms with Gasteiger partial charge in [-0.25, -0.2) is 4.79 Å². The maximum absolute atomic E-state index is 11.9. The lowest BCUT2D eigenvalue weighted by molar-refractivity contribution is 0.0497. The van der Waals surface area contributed by atoms with Gasteiger partial charge >= 0.3 is 5.97 Å². The number of ether oxygens (including phenoxy) is 1. The normalized spacial score (nSPS) is 10.6. The number of esters is 1. The van der Waals surface area contributed by atoms with Gasteiger partial charge in [0, 0.05) is 4.47 Å². The summed E-state index contributed by atoms with van der Waals surface area (Å²) in [6.07, 6.45) is 10.0. The van der Waals surface area contributed by atoms with Crippen LogP contribution in [0.3, 0.4) is 0 Å². The standard InChI is InChI=1S/C18H27BrO2/c1-3-4-5-6-7-8-9-10-13-21-18(20)17-12-11-16(19)14-15(17)2/h11-12,14H,3-10,13H2,1-2H3. The van der Waals surface area contributed by atoms with Crippen molar-refractivity contribution in [3.05, 3.63) is 33.8 Å². The van der Waals surface area contributed by atoms with E-state index >= 15 is 0 Å². The molecule has 21 heavy (non-hydrogen) atoms. The molecule has 0 aliphatic carbocycles. The highest BCUT2D eigenvalue weighted by molar-refractivity contribution is 9.10. The fourth-order valence-corrected chi connectivity index (χ4v) is 2.81. The summed E-state index contributed by atoms with van der Waals surface area (Å²) in [5.74, 6) is -0.206. The van der Waals surface area contributed by atoms with Crippen molar-refractivity contribution in [2.75, 3.05) is 6.61 Å². The lowest BCUT2D eigenvalue weighted by Crippen LogP contribution is -2.08. The first kappa shape index (κ1) is 18.2. The van der Waals surface area contributed by atoms with Gasteiger partial charge in [0.25, 0.3) is 0 Å². The average molecular weight is 355 g/mol. The van der Waals surface area contributed by atoms with Gasteiger partial charge in [-0.05, 0) is 37.1 Å². The van der Waals surface area contributed by atoms with Crippen molar-refractivity contribution >= 4 is 21.9 Å². The maximum Gasteiger partial charge on any atom is 0.338 e. The average Bonchev–Trinajstić information content (AvgIpc) is 2.45. The minimum atomic E-state index is -0.206.